The average Bonchev–Trinajstić information content (AvgIpc) is 2.39. The highest BCUT2D eigenvalue weighted by Crippen LogP contribution is 2.36. The van der Waals surface area contributed by atoms with Gasteiger partial charge in [0.1, 0.15) is 19.0 Å². The highest BCUT2D eigenvalue weighted by atomic mass is 16.6. The third-order valence-corrected chi connectivity index (χ3v) is 4.69. The van der Waals surface area contributed by atoms with Crippen LogP contribution in [0.5, 0.6) is 0 Å². The molecule has 0 spiro atoms. The van der Waals surface area contributed by atoms with Crippen molar-refractivity contribution in [1.29, 1.82) is 0 Å². The minimum absolute atomic E-state index is 0.0537. The quantitative estimate of drug-likeness (QED) is 0.384. The summed E-state index contributed by atoms with van der Waals surface area (Å²) >= 11 is 0. The van der Waals surface area contributed by atoms with E-state index in [1.54, 1.807) is 6.08 Å². The number of rotatable bonds is 5. The summed E-state index contributed by atoms with van der Waals surface area (Å²) in [5, 5.41) is 32.3. The van der Waals surface area contributed by atoms with Crippen molar-refractivity contribution in [2.45, 2.75) is 43.3 Å². The Balaban J connectivity index is 2.41. The Morgan fingerprint density at radius 3 is 2.55 bits per heavy atom. The predicted octanol–water partition coefficient (Wildman–Crippen LogP) is -0.963. The second-order valence-corrected chi connectivity index (χ2v) is 5.92. The van der Waals surface area contributed by atoms with Gasteiger partial charge in [0, 0.05) is 16.3 Å². The van der Waals surface area contributed by atoms with E-state index in [1.807, 2.05) is 6.92 Å². The molecular formula is C12H20N3O5+. The zero-order valence-corrected chi connectivity index (χ0v) is 11.4. The van der Waals surface area contributed by atoms with Gasteiger partial charge in [-0.25, -0.2) is 0 Å². The SMILES string of the molecule is CC[C@H](CO)[NH+]1C[C@]2([N+](=O)[O-])C=CC[C@@]([N+](=O)[O-])(C1)C2. The summed E-state index contributed by atoms with van der Waals surface area (Å²) in [4.78, 5) is 22.9. The number of piperidine rings is 1. The Hall–Kier alpha value is -1.54. The standard InChI is InChI=1S/C12H19N3O5/c1-2-10(6-16)13-8-11(14(17)18)4-3-5-12(7-11,9-13)15(19)20/h3-4,10,16H,2,5-9H2,1H3/p+1/t10-,11+,12+/m1/s1. The van der Waals surface area contributed by atoms with Crippen LogP contribution in [0.15, 0.2) is 12.2 Å². The van der Waals surface area contributed by atoms with Gasteiger partial charge in [-0.1, -0.05) is 13.0 Å². The van der Waals surface area contributed by atoms with E-state index < -0.39 is 16.0 Å². The molecule has 1 saturated heterocycles. The van der Waals surface area contributed by atoms with Crippen molar-refractivity contribution in [3.63, 3.8) is 0 Å². The van der Waals surface area contributed by atoms with Crippen molar-refractivity contribution < 1.29 is 19.9 Å². The van der Waals surface area contributed by atoms with Crippen LogP contribution in [0.2, 0.25) is 0 Å². The smallest absolute Gasteiger partial charge is 0.294 e. The molecule has 0 amide bonds. The lowest BCUT2D eigenvalue weighted by Crippen LogP contribution is -3.21. The number of hydrogen-bond acceptors (Lipinski definition) is 5. The number of nitrogens with one attached hydrogen (secondary N) is 1. The van der Waals surface area contributed by atoms with Gasteiger partial charge in [0.25, 0.3) is 11.1 Å². The van der Waals surface area contributed by atoms with Crippen molar-refractivity contribution in [3.8, 4) is 0 Å². The Morgan fingerprint density at radius 2 is 2.05 bits per heavy atom. The van der Waals surface area contributed by atoms with E-state index in [2.05, 4.69) is 0 Å². The van der Waals surface area contributed by atoms with Gasteiger partial charge in [-0.3, -0.25) is 20.2 Å². The molecule has 2 aliphatic rings. The largest absolute Gasteiger partial charge is 0.390 e. The molecule has 1 unspecified atom stereocenters. The van der Waals surface area contributed by atoms with Crippen molar-refractivity contribution in [2.24, 2.45) is 0 Å². The van der Waals surface area contributed by atoms with E-state index >= 15 is 0 Å². The van der Waals surface area contributed by atoms with E-state index in [9.17, 15) is 25.3 Å². The summed E-state index contributed by atoms with van der Waals surface area (Å²) in [5.74, 6) is 0. The summed E-state index contributed by atoms with van der Waals surface area (Å²) in [6.07, 6.45) is 3.89. The van der Waals surface area contributed by atoms with Gasteiger partial charge in [-0.15, -0.1) is 0 Å². The van der Waals surface area contributed by atoms with Gasteiger partial charge in [0.05, 0.1) is 6.61 Å². The van der Waals surface area contributed by atoms with Gasteiger partial charge in [0.15, 0.2) is 6.54 Å². The van der Waals surface area contributed by atoms with Gasteiger partial charge < -0.3 is 10.0 Å². The van der Waals surface area contributed by atoms with Crippen LogP contribution in [0, 0.1) is 20.2 Å². The van der Waals surface area contributed by atoms with Crippen LogP contribution < -0.4 is 4.90 Å². The highest BCUT2D eigenvalue weighted by molar-refractivity contribution is 5.14. The minimum atomic E-state index is -1.37. The molecule has 112 valence electrons. The van der Waals surface area contributed by atoms with Crippen LogP contribution in [0.4, 0.5) is 0 Å². The van der Waals surface area contributed by atoms with Crippen LogP contribution in [-0.4, -0.2) is 51.8 Å². The lowest BCUT2D eigenvalue weighted by Gasteiger charge is -2.43. The minimum Gasteiger partial charge on any atom is -0.390 e. The van der Waals surface area contributed by atoms with Crippen molar-refractivity contribution in [2.75, 3.05) is 19.7 Å². The molecular weight excluding hydrogens is 266 g/mol. The molecule has 2 rings (SSSR count). The zero-order valence-electron chi connectivity index (χ0n) is 11.4. The molecule has 1 fully saturated rings. The molecule has 8 heteroatoms. The molecule has 2 N–H and O–H groups in total. The summed E-state index contributed by atoms with van der Waals surface area (Å²) in [5.41, 5.74) is -2.65. The lowest BCUT2D eigenvalue weighted by molar-refractivity contribution is -0.964. The molecule has 0 aromatic heterocycles. The third-order valence-electron chi connectivity index (χ3n) is 4.69. The summed E-state index contributed by atoms with van der Waals surface area (Å²) in [7, 11) is 0. The third kappa shape index (κ3) is 2.18. The Morgan fingerprint density at radius 1 is 1.35 bits per heavy atom. The van der Waals surface area contributed by atoms with Crippen LogP contribution in [0.1, 0.15) is 26.2 Å². The molecule has 8 nitrogen and oxygen atoms in total. The van der Waals surface area contributed by atoms with E-state index in [1.165, 1.54) is 6.08 Å². The second-order valence-electron chi connectivity index (χ2n) is 5.92. The number of aliphatic hydroxyl groups is 1. The maximum Gasteiger partial charge on any atom is 0.294 e. The Labute approximate surface area is 116 Å². The topological polar surface area (TPSA) is 111 Å². The fourth-order valence-corrected chi connectivity index (χ4v) is 3.56. The molecule has 2 bridgehead atoms. The fourth-order valence-electron chi connectivity index (χ4n) is 3.56. The van der Waals surface area contributed by atoms with Crippen molar-refractivity contribution >= 4 is 0 Å². The van der Waals surface area contributed by atoms with Gasteiger partial charge >= 0.3 is 0 Å². The maximum absolute atomic E-state index is 11.5. The van der Waals surface area contributed by atoms with Gasteiger partial charge in [-0.05, 0) is 12.5 Å². The first-order chi connectivity index (χ1) is 9.39. The van der Waals surface area contributed by atoms with Crippen molar-refractivity contribution in [1.82, 2.24) is 0 Å². The molecule has 0 aromatic rings. The summed E-state index contributed by atoms with van der Waals surface area (Å²) in [6.45, 7) is 2.20. The summed E-state index contributed by atoms with van der Waals surface area (Å²) in [6, 6.07) is -0.194. The molecule has 20 heavy (non-hydrogen) atoms. The zero-order chi connectivity index (χ0) is 15.0. The first-order valence-corrected chi connectivity index (χ1v) is 6.81. The van der Waals surface area contributed by atoms with E-state index in [0.717, 1.165) is 4.90 Å². The van der Waals surface area contributed by atoms with E-state index in [-0.39, 0.29) is 43.5 Å². The molecule has 0 saturated carbocycles. The normalized spacial score (nSPS) is 37.4. The van der Waals surface area contributed by atoms with Gasteiger partial charge in [-0.2, -0.15) is 0 Å². The maximum atomic E-state index is 11.5. The van der Waals surface area contributed by atoms with E-state index in [4.69, 9.17) is 0 Å². The fraction of sp³-hybridized carbons (Fsp3) is 0.833. The van der Waals surface area contributed by atoms with Crippen molar-refractivity contribution in [3.05, 3.63) is 32.4 Å². The average molecular weight is 286 g/mol. The van der Waals surface area contributed by atoms with Crippen LogP contribution in [0.3, 0.4) is 0 Å². The monoisotopic (exact) mass is 286 g/mol. The number of quaternary nitrogens is 1. The first kappa shape index (κ1) is 14.9. The molecule has 1 aliphatic carbocycles. The van der Waals surface area contributed by atoms with Crippen LogP contribution in [0.25, 0.3) is 0 Å². The highest BCUT2D eigenvalue weighted by Gasteiger charge is 2.65. The number of aliphatic hydroxyl groups excluding tert-OH is 1. The Bertz CT molecular complexity index is 450. The number of likely N-dealkylation sites (tertiary alicyclic amines) is 1. The molecule has 4 atom stereocenters. The van der Waals surface area contributed by atoms with Gasteiger partial charge in [0.2, 0.25) is 0 Å². The second kappa shape index (κ2) is 5.10. The number of hydrogen-bond donors (Lipinski definition) is 2. The first-order valence-electron chi connectivity index (χ1n) is 6.81. The molecule has 1 aliphatic heterocycles. The summed E-state index contributed by atoms with van der Waals surface area (Å²) < 4.78 is 0. The lowest BCUT2D eigenvalue weighted by atomic mass is 9.71. The molecule has 0 radical (unpaired) electrons. The molecule has 0 aromatic carbocycles. The number of nitro groups is 2. The number of fused-ring (bicyclic) bond motifs is 2. The number of nitrogens with zero attached hydrogens (tertiary/aromatic N) is 2. The predicted molar refractivity (Wildman–Crippen MR) is 69.7 cm³/mol. The van der Waals surface area contributed by atoms with Crippen LogP contribution in [-0.2, 0) is 0 Å². The Kier molecular flexibility index (Phi) is 3.79. The molecule has 1 heterocycles. The van der Waals surface area contributed by atoms with E-state index in [0.29, 0.717) is 6.42 Å². The van der Waals surface area contributed by atoms with Crippen LogP contribution >= 0.6 is 0 Å².